The molecule has 0 unspecified atom stereocenters. The van der Waals surface area contributed by atoms with Gasteiger partial charge in [-0.3, -0.25) is 9.69 Å². The van der Waals surface area contributed by atoms with E-state index in [0.29, 0.717) is 28.2 Å². The third kappa shape index (κ3) is 4.93. The molecule has 0 saturated carbocycles. The van der Waals surface area contributed by atoms with E-state index in [9.17, 15) is 4.79 Å². The lowest BCUT2D eigenvalue weighted by Crippen LogP contribution is -2.31. The highest BCUT2D eigenvalue weighted by Gasteiger charge is 2.33. The average Bonchev–Trinajstić information content (AvgIpc) is 3.12. The van der Waals surface area contributed by atoms with Crippen molar-refractivity contribution in [2.45, 2.75) is 26.9 Å². The first kappa shape index (κ1) is 23.8. The number of anilines is 1. The van der Waals surface area contributed by atoms with Gasteiger partial charge in [-0.15, -0.1) is 0 Å². The molecule has 3 aromatic rings. The quantitative estimate of drug-likeness (QED) is 0.321. The number of hydrogen-bond donors (Lipinski definition) is 1. The van der Waals surface area contributed by atoms with Gasteiger partial charge >= 0.3 is 0 Å². The number of hydrogen-bond acceptors (Lipinski definition) is 4. The van der Waals surface area contributed by atoms with Gasteiger partial charge < -0.3 is 14.8 Å². The molecular formula is C27H25ClN2O3S. The summed E-state index contributed by atoms with van der Waals surface area (Å²) in [6.45, 7) is 4.29. The Morgan fingerprint density at radius 3 is 2.62 bits per heavy atom. The van der Waals surface area contributed by atoms with Crippen molar-refractivity contribution in [3.05, 3.63) is 93.6 Å². The molecule has 0 atom stereocenters. The van der Waals surface area contributed by atoms with Crippen LogP contribution in [0.4, 0.5) is 5.69 Å². The minimum Gasteiger partial charge on any atom is -0.496 e. The Balaban J connectivity index is 1.58. The van der Waals surface area contributed by atoms with Gasteiger partial charge in [0.15, 0.2) is 5.11 Å². The molecule has 0 aliphatic carbocycles. The number of benzene rings is 3. The fraction of sp³-hybridized carbons (Fsp3) is 0.185. The lowest BCUT2D eigenvalue weighted by Gasteiger charge is -2.17. The molecule has 1 amide bonds. The summed E-state index contributed by atoms with van der Waals surface area (Å²) < 4.78 is 11.5. The van der Waals surface area contributed by atoms with Crippen molar-refractivity contribution in [3.8, 4) is 11.5 Å². The molecule has 1 aliphatic rings. The summed E-state index contributed by atoms with van der Waals surface area (Å²) in [5.41, 5.74) is 4.91. The number of halogens is 1. The standard InChI is InChI=1S/C27H25ClN2O3S/c1-4-19-7-5-6-8-24(19)30-26(31)23(29-27(30)34)15-18-9-12-25(32-3)20(14-18)16-33-21-10-11-22(28)17(2)13-21/h5-15H,4,16H2,1-3H3,(H,29,34)/b23-15+. The minimum absolute atomic E-state index is 0.184. The van der Waals surface area contributed by atoms with Crippen LogP contribution < -0.4 is 19.7 Å². The molecule has 0 bridgehead atoms. The zero-order valence-corrected chi connectivity index (χ0v) is 20.8. The van der Waals surface area contributed by atoms with E-state index in [1.807, 2.05) is 67.6 Å². The fourth-order valence-corrected chi connectivity index (χ4v) is 4.23. The summed E-state index contributed by atoms with van der Waals surface area (Å²) in [4.78, 5) is 14.8. The number of ether oxygens (including phenoxy) is 2. The van der Waals surface area contributed by atoms with Crippen LogP contribution in [0, 0.1) is 6.92 Å². The van der Waals surface area contributed by atoms with Crippen LogP contribution in [-0.2, 0) is 17.8 Å². The third-order valence-corrected chi connectivity index (χ3v) is 6.34. The molecule has 174 valence electrons. The van der Waals surface area contributed by atoms with Gasteiger partial charge in [-0.25, -0.2) is 0 Å². The number of rotatable bonds is 7. The number of thiocarbonyl (C=S) groups is 1. The van der Waals surface area contributed by atoms with Crippen molar-refractivity contribution < 1.29 is 14.3 Å². The van der Waals surface area contributed by atoms with Gasteiger partial charge in [-0.2, -0.15) is 0 Å². The second kappa shape index (κ2) is 10.3. The van der Waals surface area contributed by atoms with Crippen molar-refractivity contribution in [1.29, 1.82) is 0 Å². The first-order chi connectivity index (χ1) is 16.4. The van der Waals surface area contributed by atoms with E-state index in [2.05, 4.69) is 12.2 Å². The number of aryl methyl sites for hydroxylation is 2. The highest BCUT2D eigenvalue weighted by atomic mass is 35.5. The van der Waals surface area contributed by atoms with Crippen LogP contribution in [0.2, 0.25) is 5.02 Å². The Labute approximate surface area is 209 Å². The van der Waals surface area contributed by atoms with Gasteiger partial charge in [-0.1, -0.05) is 42.8 Å². The van der Waals surface area contributed by atoms with Gasteiger partial charge in [0.1, 0.15) is 23.8 Å². The number of methoxy groups -OCH3 is 1. The van der Waals surface area contributed by atoms with Crippen LogP contribution >= 0.6 is 23.8 Å². The normalized spacial score (nSPS) is 14.5. The Hall–Kier alpha value is -3.35. The van der Waals surface area contributed by atoms with Gasteiger partial charge in [0.2, 0.25) is 0 Å². The number of carbonyl (C=O) groups excluding carboxylic acids is 1. The second-order valence-electron chi connectivity index (χ2n) is 7.88. The van der Waals surface area contributed by atoms with Gasteiger partial charge in [0.05, 0.1) is 12.8 Å². The zero-order valence-electron chi connectivity index (χ0n) is 19.2. The molecule has 1 heterocycles. The fourth-order valence-electron chi connectivity index (χ4n) is 3.82. The largest absolute Gasteiger partial charge is 0.496 e. The van der Waals surface area contributed by atoms with Crippen molar-refractivity contribution in [2.24, 2.45) is 0 Å². The summed E-state index contributed by atoms with van der Waals surface area (Å²) in [6.07, 6.45) is 2.59. The first-order valence-electron chi connectivity index (χ1n) is 10.9. The van der Waals surface area contributed by atoms with Crippen molar-refractivity contribution in [2.75, 3.05) is 12.0 Å². The first-order valence-corrected chi connectivity index (χ1v) is 11.7. The number of amides is 1. The van der Waals surface area contributed by atoms with E-state index in [-0.39, 0.29) is 5.91 Å². The van der Waals surface area contributed by atoms with Gasteiger partial charge in [0.25, 0.3) is 5.91 Å². The maximum absolute atomic E-state index is 13.2. The predicted molar refractivity (Wildman–Crippen MR) is 141 cm³/mol. The molecular weight excluding hydrogens is 468 g/mol. The molecule has 1 saturated heterocycles. The molecule has 0 spiro atoms. The highest BCUT2D eigenvalue weighted by molar-refractivity contribution is 7.80. The van der Waals surface area contributed by atoms with Crippen LogP contribution in [0.3, 0.4) is 0 Å². The number of nitrogens with zero attached hydrogens (tertiary/aromatic N) is 1. The lowest BCUT2D eigenvalue weighted by molar-refractivity contribution is -0.113. The molecule has 1 fully saturated rings. The van der Waals surface area contributed by atoms with E-state index >= 15 is 0 Å². The van der Waals surface area contributed by atoms with Crippen LogP contribution in [0.15, 0.2) is 66.4 Å². The van der Waals surface area contributed by atoms with Crippen LogP contribution in [-0.4, -0.2) is 18.1 Å². The molecule has 0 radical (unpaired) electrons. The Morgan fingerprint density at radius 2 is 1.88 bits per heavy atom. The summed E-state index contributed by atoms with van der Waals surface area (Å²) in [6, 6.07) is 19.0. The van der Waals surface area contributed by atoms with Gasteiger partial charge in [0, 0.05) is 10.6 Å². The monoisotopic (exact) mass is 492 g/mol. The topological polar surface area (TPSA) is 50.8 Å². The SMILES string of the molecule is CCc1ccccc1N1C(=O)/C(=C\c2ccc(OC)c(COc3ccc(Cl)c(C)c3)c2)NC1=S. The summed E-state index contributed by atoms with van der Waals surface area (Å²) >= 11 is 11.6. The Bertz CT molecular complexity index is 1290. The van der Waals surface area contributed by atoms with Crippen LogP contribution in [0.1, 0.15) is 29.2 Å². The lowest BCUT2D eigenvalue weighted by atomic mass is 10.1. The highest BCUT2D eigenvalue weighted by Crippen LogP contribution is 2.28. The molecule has 7 heteroatoms. The average molecular weight is 493 g/mol. The smallest absolute Gasteiger partial charge is 0.281 e. The third-order valence-electron chi connectivity index (χ3n) is 5.63. The van der Waals surface area contributed by atoms with E-state index < -0.39 is 0 Å². The van der Waals surface area contributed by atoms with Crippen molar-refractivity contribution in [1.82, 2.24) is 5.32 Å². The zero-order chi connectivity index (χ0) is 24.2. The number of carbonyl (C=O) groups is 1. The van der Waals surface area contributed by atoms with E-state index in [1.54, 1.807) is 18.1 Å². The summed E-state index contributed by atoms with van der Waals surface area (Å²) in [5.74, 6) is 1.24. The molecule has 4 rings (SSSR count). The molecule has 5 nitrogen and oxygen atoms in total. The molecule has 0 aromatic heterocycles. The van der Waals surface area contributed by atoms with Gasteiger partial charge in [-0.05, 0) is 84.7 Å². The minimum atomic E-state index is -0.184. The van der Waals surface area contributed by atoms with Crippen LogP contribution in [0.5, 0.6) is 11.5 Å². The molecule has 3 aromatic carbocycles. The second-order valence-corrected chi connectivity index (χ2v) is 8.68. The maximum atomic E-state index is 13.2. The van der Waals surface area contributed by atoms with E-state index in [0.717, 1.165) is 40.1 Å². The van der Waals surface area contributed by atoms with Crippen molar-refractivity contribution >= 4 is 46.6 Å². The maximum Gasteiger partial charge on any atom is 0.281 e. The Kier molecular flexibility index (Phi) is 7.20. The van der Waals surface area contributed by atoms with Crippen LogP contribution in [0.25, 0.3) is 6.08 Å². The van der Waals surface area contributed by atoms with E-state index in [1.165, 1.54) is 0 Å². The Morgan fingerprint density at radius 1 is 1.09 bits per heavy atom. The van der Waals surface area contributed by atoms with Crippen molar-refractivity contribution in [3.63, 3.8) is 0 Å². The molecule has 34 heavy (non-hydrogen) atoms. The predicted octanol–water partition coefficient (Wildman–Crippen LogP) is 6.06. The molecule has 1 N–H and O–H groups in total. The summed E-state index contributed by atoms with van der Waals surface area (Å²) in [5, 5.41) is 4.13. The summed E-state index contributed by atoms with van der Waals surface area (Å²) in [7, 11) is 1.62. The van der Waals surface area contributed by atoms with E-state index in [4.69, 9.17) is 33.3 Å². The number of nitrogens with one attached hydrogen (secondary N) is 1. The number of para-hydroxylation sites is 1. The molecule has 1 aliphatic heterocycles.